The van der Waals surface area contributed by atoms with Crippen LogP contribution in [0.25, 0.3) is 11.0 Å². The molecule has 96 valence electrons. The molecule has 1 heterocycles. The lowest BCUT2D eigenvalue weighted by Gasteiger charge is -2.12. The van der Waals surface area contributed by atoms with Crippen LogP contribution < -0.4 is 0 Å². The minimum absolute atomic E-state index is 0.326. The number of imidazole rings is 1. The number of aromatic amines is 1. The van der Waals surface area contributed by atoms with Gasteiger partial charge in [-0.15, -0.1) is 0 Å². The molecule has 0 bridgehead atoms. The Bertz CT molecular complexity index is 688. The van der Waals surface area contributed by atoms with Crippen molar-refractivity contribution in [2.45, 2.75) is 19.3 Å². The summed E-state index contributed by atoms with van der Waals surface area (Å²) in [4.78, 5) is 8.17. The number of aromatic nitrogens is 2. The van der Waals surface area contributed by atoms with Crippen LogP contribution in [-0.4, -0.2) is 9.97 Å². The average molecular weight is 315 g/mol. The normalized spacial score (nSPS) is 12.7. The minimum Gasteiger partial charge on any atom is -0.341 e. The Morgan fingerprint density at radius 3 is 2.68 bits per heavy atom. The maximum absolute atomic E-state index is 4.72. The lowest BCUT2D eigenvalue weighted by Crippen LogP contribution is -2.01. The van der Waals surface area contributed by atoms with Gasteiger partial charge in [-0.05, 0) is 30.2 Å². The zero-order valence-electron chi connectivity index (χ0n) is 10.7. The van der Waals surface area contributed by atoms with E-state index in [1.807, 2.05) is 18.2 Å². The van der Waals surface area contributed by atoms with Gasteiger partial charge in [0.15, 0.2) is 0 Å². The van der Waals surface area contributed by atoms with Crippen LogP contribution in [0, 0.1) is 0 Å². The Morgan fingerprint density at radius 2 is 1.95 bits per heavy atom. The first-order chi connectivity index (χ1) is 9.28. The van der Waals surface area contributed by atoms with E-state index in [0.717, 1.165) is 27.8 Å². The van der Waals surface area contributed by atoms with Crippen LogP contribution >= 0.6 is 15.9 Å². The monoisotopic (exact) mass is 314 g/mol. The van der Waals surface area contributed by atoms with Gasteiger partial charge in [0, 0.05) is 10.4 Å². The van der Waals surface area contributed by atoms with Crippen LogP contribution in [0.3, 0.4) is 0 Å². The summed E-state index contributed by atoms with van der Waals surface area (Å²) in [6.07, 6.45) is 1.03. The Labute approximate surface area is 121 Å². The quantitative estimate of drug-likeness (QED) is 0.734. The fourth-order valence-electron chi connectivity index (χ4n) is 2.44. The van der Waals surface area contributed by atoms with Crippen LogP contribution in [0.5, 0.6) is 0 Å². The molecule has 3 rings (SSSR count). The first-order valence-corrected chi connectivity index (χ1v) is 7.27. The molecule has 0 fully saturated rings. The number of hydrogen-bond donors (Lipinski definition) is 1. The standard InChI is InChI=1S/C16H15BrN2/c1-2-13(11-6-4-3-5-7-11)16-18-14-9-8-12(17)10-15(14)19-16/h3-10,13H,2H2,1H3,(H,18,19). The van der Waals surface area contributed by atoms with E-state index in [9.17, 15) is 0 Å². The number of nitrogens with zero attached hydrogens (tertiary/aromatic N) is 1. The van der Waals surface area contributed by atoms with Gasteiger partial charge in [-0.2, -0.15) is 0 Å². The van der Waals surface area contributed by atoms with Crippen LogP contribution in [-0.2, 0) is 0 Å². The molecule has 0 aliphatic carbocycles. The Hall–Kier alpha value is -1.61. The summed E-state index contributed by atoms with van der Waals surface area (Å²) in [5.74, 6) is 1.37. The molecule has 1 aromatic heterocycles. The van der Waals surface area contributed by atoms with Gasteiger partial charge >= 0.3 is 0 Å². The van der Waals surface area contributed by atoms with Crippen molar-refractivity contribution < 1.29 is 0 Å². The Morgan fingerprint density at radius 1 is 1.16 bits per heavy atom. The molecule has 0 aliphatic heterocycles. The Balaban J connectivity index is 2.07. The van der Waals surface area contributed by atoms with E-state index >= 15 is 0 Å². The second-order valence-corrected chi connectivity index (χ2v) is 5.57. The minimum atomic E-state index is 0.326. The van der Waals surface area contributed by atoms with E-state index < -0.39 is 0 Å². The van der Waals surface area contributed by atoms with Crippen molar-refractivity contribution in [3.05, 3.63) is 64.4 Å². The molecule has 1 atom stereocenters. The molecule has 19 heavy (non-hydrogen) atoms. The van der Waals surface area contributed by atoms with Crippen LogP contribution in [0.1, 0.15) is 30.7 Å². The molecule has 2 nitrogen and oxygen atoms in total. The van der Waals surface area contributed by atoms with Gasteiger partial charge in [0.25, 0.3) is 0 Å². The second-order valence-electron chi connectivity index (χ2n) is 4.66. The van der Waals surface area contributed by atoms with E-state index in [-0.39, 0.29) is 0 Å². The van der Waals surface area contributed by atoms with E-state index in [4.69, 9.17) is 4.98 Å². The van der Waals surface area contributed by atoms with Gasteiger partial charge in [-0.3, -0.25) is 0 Å². The number of nitrogens with one attached hydrogen (secondary N) is 1. The van der Waals surface area contributed by atoms with Gasteiger partial charge < -0.3 is 4.98 Å². The number of benzene rings is 2. The average Bonchev–Trinajstić information content (AvgIpc) is 2.83. The fourth-order valence-corrected chi connectivity index (χ4v) is 2.80. The molecule has 0 amide bonds. The number of H-pyrrole nitrogens is 1. The third-order valence-corrected chi connectivity index (χ3v) is 3.90. The van der Waals surface area contributed by atoms with Gasteiger partial charge in [-0.25, -0.2) is 4.98 Å². The number of fused-ring (bicyclic) bond motifs is 1. The van der Waals surface area contributed by atoms with Gasteiger partial charge in [0.2, 0.25) is 0 Å². The van der Waals surface area contributed by atoms with Gasteiger partial charge in [0.1, 0.15) is 5.82 Å². The highest BCUT2D eigenvalue weighted by Crippen LogP contribution is 2.28. The second kappa shape index (κ2) is 5.17. The summed E-state index contributed by atoms with van der Waals surface area (Å²) in [5, 5.41) is 0. The van der Waals surface area contributed by atoms with E-state index in [1.165, 1.54) is 5.56 Å². The van der Waals surface area contributed by atoms with E-state index in [2.05, 4.69) is 58.2 Å². The van der Waals surface area contributed by atoms with Crippen molar-refractivity contribution in [2.24, 2.45) is 0 Å². The molecule has 0 saturated carbocycles. The summed E-state index contributed by atoms with van der Waals surface area (Å²) in [6.45, 7) is 2.20. The van der Waals surface area contributed by atoms with Crippen LogP contribution in [0.15, 0.2) is 53.0 Å². The first-order valence-electron chi connectivity index (χ1n) is 6.48. The summed E-state index contributed by atoms with van der Waals surface area (Å²) in [6, 6.07) is 16.7. The largest absolute Gasteiger partial charge is 0.341 e. The molecule has 3 heteroatoms. The van der Waals surface area contributed by atoms with Crippen molar-refractivity contribution in [1.29, 1.82) is 0 Å². The highest BCUT2D eigenvalue weighted by molar-refractivity contribution is 9.10. The van der Waals surface area contributed by atoms with Crippen molar-refractivity contribution in [3.63, 3.8) is 0 Å². The van der Waals surface area contributed by atoms with Gasteiger partial charge in [-0.1, -0.05) is 53.2 Å². The number of rotatable bonds is 3. The fraction of sp³-hybridized carbons (Fsp3) is 0.188. The van der Waals surface area contributed by atoms with Crippen molar-refractivity contribution in [3.8, 4) is 0 Å². The predicted octanol–water partition coefficient (Wildman–Crippen LogP) is 4.87. The summed E-state index contributed by atoms with van der Waals surface area (Å²) < 4.78 is 1.07. The maximum Gasteiger partial charge on any atom is 0.114 e. The summed E-state index contributed by atoms with van der Waals surface area (Å²) in [7, 11) is 0. The molecule has 0 spiro atoms. The first kappa shape index (κ1) is 12.4. The van der Waals surface area contributed by atoms with Crippen molar-refractivity contribution in [1.82, 2.24) is 9.97 Å². The van der Waals surface area contributed by atoms with E-state index in [1.54, 1.807) is 0 Å². The summed E-state index contributed by atoms with van der Waals surface area (Å²) in [5.41, 5.74) is 3.41. The summed E-state index contributed by atoms with van der Waals surface area (Å²) >= 11 is 3.49. The van der Waals surface area contributed by atoms with Crippen LogP contribution in [0.4, 0.5) is 0 Å². The number of hydrogen-bond acceptors (Lipinski definition) is 1. The van der Waals surface area contributed by atoms with Gasteiger partial charge in [0.05, 0.1) is 11.0 Å². The Kier molecular flexibility index (Phi) is 3.38. The smallest absolute Gasteiger partial charge is 0.114 e. The third-order valence-electron chi connectivity index (χ3n) is 3.40. The SMILES string of the molecule is CCC(c1ccccc1)c1nc2ccc(Br)cc2[nH]1. The van der Waals surface area contributed by atoms with Crippen molar-refractivity contribution in [2.75, 3.05) is 0 Å². The molecule has 1 unspecified atom stereocenters. The number of halogens is 1. The zero-order chi connectivity index (χ0) is 13.2. The molecular formula is C16H15BrN2. The third kappa shape index (κ3) is 2.43. The maximum atomic E-state index is 4.72. The lowest BCUT2D eigenvalue weighted by molar-refractivity contribution is 0.732. The van der Waals surface area contributed by atoms with Crippen molar-refractivity contribution >= 4 is 27.0 Å². The predicted molar refractivity (Wildman–Crippen MR) is 82.4 cm³/mol. The molecule has 3 aromatic rings. The molecule has 0 saturated heterocycles. The molecule has 0 radical (unpaired) electrons. The zero-order valence-corrected chi connectivity index (χ0v) is 12.3. The molecule has 2 aromatic carbocycles. The molecule has 1 N–H and O–H groups in total. The van der Waals surface area contributed by atoms with Crippen LogP contribution in [0.2, 0.25) is 0 Å². The lowest BCUT2D eigenvalue weighted by atomic mass is 9.96. The highest BCUT2D eigenvalue weighted by Gasteiger charge is 2.15. The van der Waals surface area contributed by atoms with E-state index in [0.29, 0.717) is 5.92 Å². The topological polar surface area (TPSA) is 28.7 Å². The molecular weight excluding hydrogens is 300 g/mol. The highest BCUT2D eigenvalue weighted by atomic mass is 79.9. The molecule has 0 aliphatic rings.